The van der Waals surface area contributed by atoms with E-state index in [1.807, 2.05) is 6.08 Å². The molecular formula is C15H24O. The van der Waals surface area contributed by atoms with E-state index in [0.717, 1.165) is 19.3 Å². The molecule has 16 heavy (non-hydrogen) atoms. The van der Waals surface area contributed by atoms with Crippen molar-refractivity contribution in [2.75, 3.05) is 0 Å². The van der Waals surface area contributed by atoms with Gasteiger partial charge >= 0.3 is 0 Å². The van der Waals surface area contributed by atoms with E-state index in [1.165, 1.54) is 11.1 Å². The average Bonchev–Trinajstić information content (AvgIpc) is 2.61. The number of rotatable bonds is 4. The van der Waals surface area contributed by atoms with Crippen LogP contribution in [-0.2, 0) is 4.74 Å². The first-order chi connectivity index (χ1) is 7.47. The molecular weight excluding hydrogens is 196 g/mol. The number of hydrogen-bond donors (Lipinski definition) is 0. The Hall–Kier alpha value is -0.820. The number of hydrogen-bond acceptors (Lipinski definition) is 1. The van der Waals surface area contributed by atoms with E-state index < -0.39 is 0 Å². The summed E-state index contributed by atoms with van der Waals surface area (Å²) in [4.78, 5) is 0. The van der Waals surface area contributed by atoms with Gasteiger partial charge in [0.05, 0.1) is 11.7 Å². The summed E-state index contributed by atoms with van der Waals surface area (Å²) in [6, 6.07) is 0. The highest BCUT2D eigenvalue weighted by Gasteiger charge is 2.33. The molecule has 0 aromatic rings. The summed E-state index contributed by atoms with van der Waals surface area (Å²) in [6.45, 7) is 12.4. The Morgan fingerprint density at radius 3 is 2.56 bits per heavy atom. The fourth-order valence-electron chi connectivity index (χ4n) is 1.94. The van der Waals surface area contributed by atoms with Crippen LogP contribution in [0.2, 0.25) is 0 Å². The van der Waals surface area contributed by atoms with Crippen LogP contribution in [0, 0.1) is 0 Å². The lowest BCUT2D eigenvalue weighted by Crippen LogP contribution is -2.21. The van der Waals surface area contributed by atoms with E-state index >= 15 is 0 Å². The van der Waals surface area contributed by atoms with Crippen molar-refractivity contribution in [3.05, 3.63) is 36.0 Å². The molecule has 1 fully saturated rings. The SMILES string of the molecule is C=C[C@]1(C)CC[C@H](/C(C)=C/CC=C(C)C)O1. The molecule has 2 atom stereocenters. The Bertz CT molecular complexity index is 307. The van der Waals surface area contributed by atoms with E-state index in [9.17, 15) is 0 Å². The molecule has 0 bridgehead atoms. The molecule has 0 aromatic carbocycles. The molecule has 1 saturated heterocycles. The van der Waals surface area contributed by atoms with Gasteiger partial charge in [0, 0.05) is 0 Å². The minimum absolute atomic E-state index is 0.115. The molecule has 90 valence electrons. The zero-order valence-corrected chi connectivity index (χ0v) is 11.0. The summed E-state index contributed by atoms with van der Waals surface area (Å²) in [5, 5.41) is 0. The van der Waals surface area contributed by atoms with Crippen LogP contribution in [0.3, 0.4) is 0 Å². The van der Waals surface area contributed by atoms with Crippen LogP contribution in [0.4, 0.5) is 0 Å². The Morgan fingerprint density at radius 1 is 1.38 bits per heavy atom. The molecule has 1 heterocycles. The zero-order chi connectivity index (χ0) is 12.2. The van der Waals surface area contributed by atoms with E-state index in [2.05, 4.69) is 46.4 Å². The summed E-state index contributed by atoms with van der Waals surface area (Å²) in [5.74, 6) is 0. The van der Waals surface area contributed by atoms with Gasteiger partial charge in [0.1, 0.15) is 0 Å². The highest BCUT2D eigenvalue weighted by Crippen LogP contribution is 2.34. The first-order valence-electron chi connectivity index (χ1n) is 6.08. The molecule has 1 aliphatic rings. The summed E-state index contributed by atoms with van der Waals surface area (Å²) in [6.07, 6.45) is 9.93. The summed E-state index contributed by atoms with van der Waals surface area (Å²) < 4.78 is 6.01. The Balaban J connectivity index is 2.53. The molecule has 0 aliphatic carbocycles. The van der Waals surface area contributed by atoms with Crippen LogP contribution >= 0.6 is 0 Å². The van der Waals surface area contributed by atoms with Crippen LogP contribution < -0.4 is 0 Å². The lowest BCUT2D eigenvalue weighted by Gasteiger charge is -2.20. The first kappa shape index (κ1) is 13.2. The third kappa shape index (κ3) is 3.64. The quantitative estimate of drug-likeness (QED) is 0.637. The fraction of sp³-hybridized carbons (Fsp3) is 0.600. The minimum atomic E-state index is -0.115. The summed E-state index contributed by atoms with van der Waals surface area (Å²) >= 11 is 0. The standard InChI is InChI=1S/C15H24O/c1-6-15(5)11-10-14(16-15)13(4)9-7-8-12(2)3/h6,8-9,14H,1,7,10-11H2,2-5H3/b13-9+/t14-,15-/m1/s1. The third-order valence-electron chi connectivity index (χ3n) is 3.22. The molecule has 1 nitrogen and oxygen atoms in total. The van der Waals surface area contributed by atoms with Crippen molar-refractivity contribution in [1.29, 1.82) is 0 Å². The van der Waals surface area contributed by atoms with E-state index in [0.29, 0.717) is 0 Å². The van der Waals surface area contributed by atoms with Gasteiger partial charge in [0.15, 0.2) is 0 Å². The van der Waals surface area contributed by atoms with Gasteiger partial charge in [0.25, 0.3) is 0 Å². The Labute approximate surface area is 99.9 Å². The monoisotopic (exact) mass is 220 g/mol. The van der Waals surface area contributed by atoms with Gasteiger partial charge in [0.2, 0.25) is 0 Å². The van der Waals surface area contributed by atoms with Crippen molar-refractivity contribution < 1.29 is 4.74 Å². The van der Waals surface area contributed by atoms with Crippen molar-refractivity contribution in [2.24, 2.45) is 0 Å². The van der Waals surface area contributed by atoms with Gasteiger partial charge in [-0.15, -0.1) is 6.58 Å². The second-order valence-corrected chi connectivity index (χ2v) is 5.13. The molecule has 1 aliphatic heterocycles. The van der Waals surface area contributed by atoms with Crippen molar-refractivity contribution in [3.8, 4) is 0 Å². The largest absolute Gasteiger partial charge is 0.364 e. The maximum absolute atomic E-state index is 6.01. The summed E-state index contributed by atoms with van der Waals surface area (Å²) in [7, 11) is 0. The topological polar surface area (TPSA) is 9.23 Å². The first-order valence-corrected chi connectivity index (χ1v) is 6.08. The molecule has 1 rings (SSSR count). The van der Waals surface area contributed by atoms with Gasteiger partial charge in [-0.2, -0.15) is 0 Å². The Morgan fingerprint density at radius 2 is 2.06 bits per heavy atom. The van der Waals surface area contributed by atoms with Crippen LogP contribution in [0.15, 0.2) is 36.0 Å². The molecule has 0 N–H and O–H groups in total. The Kier molecular flexibility index (Phi) is 4.55. The van der Waals surface area contributed by atoms with Gasteiger partial charge in [-0.1, -0.05) is 23.8 Å². The van der Waals surface area contributed by atoms with E-state index in [-0.39, 0.29) is 11.7 Å². The smallest absolute Gasteiger partial charge is 0.0841 e. The molecule has 0 spiro atoms. The molecule has 1 heteroatoms. The average molecular weight is 220 g/mol. The zero-order valence-electron chi connectivity index (χ0n) is 11.0. The van der Waals surface area contributed by atoms with Crippen LogP contribution in [0.5, 0.6) is 0 Å². The van der Waals surface area contributed by atoms with Crippen molar-refractivity contribution in [2.45, 2.75) is 58.7 Å². The molecule has 0 amide bonds. The van der Waals surface area contributed by atoms with Crippen LogP contribution in [-0.4, -0.2) is 11.7 Å². The van der Waals surface area contributed by atoms with Crippen molar-refractivity contribution in [1.82, 2.24) is 0 Å². The van der Waals surface area contributed by atoms with Crippen molar-refractivity contribution in [3.63, 3.8) is 0 Å². The predicted octanol–water partition coefficient (Wildman–Crippen LogP) is 4.41. The van der Waals surface area contributed by atoms with Crippen LogP contribution in [0.1, 0.15) is 47.0 Å². The predicted molar refractivity (Wildman–Crippen MR) is 70.5 cm³/mol. The molecule has 0 radical (unpaired) electrons. The second kappa shape index (κ2) is 5.49. The summed E-state index contributed by atoms with van der Waals surface area (Å²) in [5.41, 5.74) is 2.60. The molecule has 0 aromatic heterocycles. The highest BCUT2D eigenvalue weighted by atomic mass is 16.5. The number of ether oxygens (including phenoxy) is 1. The van der Waals surface area contributed by atoms with Crippen molar-refractivity contribution >= 4 is 0 Å². The van der Waals surface area contributed by atoms with Crippen LogP contribution in [0.25, 0.3) is 0 Å². The van der Waals surface area contributed by atoms with Gasteiger partial charge in [-0.25, -0.2) is 0 Å². The maximum Gasteiger partial charge on any atom is 0.0841 e. The minimum Gasteiger partial charge on any atom is -0.364 e. The lowest BCUT2D eigenvalue weighted by atomic mass is 10.0. The maximum atomic E-state index is 6.01. The molecule has 0 unspecified atom stereocenters. The highest BCUT2D eigenvalue weighted by molar-refractivity contribution is 5.13. The normalized spacial score (nSPS) is 30.2. The van der Waals surface area contributed by atoms with Gasteiger partial charge in [-0.3, -0.25) is 0 Å². The van der Waals surface area contributed by atoms with Gasteiger partial charge in [-0.05, 0) is 52.5 Å². The molecule has 0 saturated carbocycles. The number of allylic oxidation sites excluding steroid dienone is 3. The second-order valence-electron chi connectivity index (χ2n) is 5.13. The van der Waals surface area contributed by atoms with E-state index in [4.69, 9.17) is 4.74 Å². The fourth-order valence-corrected chi connectivity index (χ4v) is 1.94. The van der Waals surface area contributed by atoms with Gasteiger partial charge < -0.3 is 4.74 Å². The lowest BCUT2D eigenvalue weighted by molar-refractivity contribution is 0.0221. The van der Waals surface area contributed by atoms with E-state index in [1.54, 1.807) is 0 Å². The third-order valence-corrected chi connectivity index (χ3v) is 3.22.